The van der Waals surface area contributed by atoms with Crippen LogP contribution in [0.2, 0.25) is 0 Å². The highest BCUT2D eigenvalue weighted by Crippen LogP contribution is 2.26. The molecule has 3 aromatic rings. The van der Waals surface area contributed by atoms with Crippen LogP contribution in [0.15, 0.2) is 54.9 Å². The van der Waals surface area contributed by atoms with E-state index >= 15 is 0 Å². The first-order valence-electron chi connectivity index (χ1n) is 10.9. The molecular formula is C25H29N3O2. The lowest BCUT2D eigenvalue weighted by Gasteiger charge is -2.28. The first-order valence-corrected chi connectivity index (χ1v) is 10.9. The zero-order valence-corrected chi connectivity index (χ0v) is 17.6. The molecule has 1 fully saturated rings. The monoisotopic (exact) mass is 403 g/mol. The maximum atomic E-state index is 11.8. The van der Waals surface area contributed by atoms with Crippen LogP contribution < -0.4 is 0 Å². The van der Waals surface area contributed by atoms with Crippen LogP contribution in [0.25, 0.3) is 10.8 Å². The van der Waals surface area contributed by atoms with Crippen molar-refractivity contribution in [1.29, 1.82) is 0 Å². The van der Waals surface area contributed by atoms with Gasteiger partial charge in [0.1, 0.15) is 5.82 Å². The number of aromatic nitrogens is 2. The third-order valence-electron chi connectivity index (χ3n) is 5.84. The molecule has 1 unspecified atom stereocenters. The van der Waals surface area contributed by atoms with Gasteiger partial charge in [-0.15, -0.1) is 0 Å². The van der Waals surface area contributed by atoms with E-state index in [4.69, 9.17) is 4.74 Å². The lowest BCUT2D eigenvalue weighted by atomic mass is 9.94. The van der Waals surface area contributed by atoms with Crippen LogP contribution in [0.5, 0.6) is 0 Å². The highest BCUT2D eigenvalue weighted by atomic mass is 16.5. The zero-order chi connectivity index (χ0) is 20.8. The van der Waals surface area contributed by atoms with E-state index in [-0.39, 0.29) is 5.97 Å². The highest BCUT2D eigenvalue weighted by molar-refractivity contribution is 5.88. The fourth-order valence-electron chi connectivity index (χ4n) is 4.20. The number of hydrogen-bond donors (Lipinski definition) is 0. The summed E-state index contributed by atoms with van der Waals surface area (Å²) in [5, 5.41) is 2.59. The number of hydrogen-bond acceptors (Lipinski definition) is 5. The molecule has 1 atom stereocenters. The predicted octanol–water partition coefficient (Wildman–Crippen LogP) is 4.97. The second-order valence-corrected chi connectivity index (χ2v) is 7.99. The number of likely N-dealkylation sites (tertiary alicyclic amines) is 1. The Morgan fingerprint density at radius 3 is 2.63 bits per heavy atom. The van der Waals surface area contributed by atoms with Crippen molar-refractivity contribution in [3.8, 4) is 0 Å². The van der Waals surface area contributed by atoms with E-state index in [9.17, 15) is 4.79 Å². The van der Waals surface area contributed by atoms with Gasteiger partial charge < -0.3 is 4.74 Å². The van der Waals surface area contributed by atoms with Crippen LogP contribution in [0.3, 0.4) is 0 Å². The number of rotatable bonds is 5. The third kappa shape index (κ3) is 5.03. The van der Waals surface area contributed by atoms with Crippen LogP contribution in [0, 0.1) is 0 Å². The Bertz CT molecular complexity index is 987. The molecule has 0 radical (unpaired) electrons. The van der Waals surface area contributed by atoms with E-state index in [2.05, 4.69) is 57.3 Å². The fourth-order valence-corrected chi connectivity index (χ4v) is 4.20. The van der Waals surface area contributed by atoms with Crippen molar-refractivity contribution in [2.75, 3.05) is 19.7 Å². The Kier molecular flexibility index (Phi) is 6.70. The minimum atomic E-state index is -0.358. The highest BCUT2D eigenvalue weighted by Gasteiger charge is 2.20. The Balaban J connectivity index is 1.40. The molecule has 1 aliphatic rings. The van der Waals surface area contributed by atoms with Gasteiger partial charge in [-0.3, -0.25) is 4.90 Å². The predicted molar refractivity (Wildman–Crippen MR) is 118 cm³/mol. The van der Waals surface area contributed by atoms with Crippen molar-refractivity contribution in [2.45, 2.75) is 45.1 Å². The minimum absolute atomic E-state index is 0.334. The Hall–Kier alpha value is -2.79. The van der Waals surface area contributed by atoms with Crippen molar-refractivity contribution in [3.05, 3.63) is 71.8 Å². The molecule has 0 saturated carbocycles. The van der Waals surface area contributed by atoms with Crippen LogP contribution in [0.1, 0.15) is 60.3 Å². The summed E-state index contributed by atoms with van der Waals surface area (Å²) in [7, 11) is 0. The molecule has 30 heavy (non-hydrogen) atoms. The van der Waals surface area contributed by atoms with Gasteiger partial charge in [0.05, 0.1) is 12.2 Å². The molecule has 0 amide bonds. The summed E-state index contributed by atoms with van der Waals surface area (Å²) in [4.78, 5) is 23.3. The normalized spacial score (nSPS) is 18.0. The zero-order valence-electron chi connectivity index (χ0n) is 17.6. The van der Waals surface area contributed by atoms with Gasteiger partial charge in [-0.1, -0.05) is 42.8 Å². The molecule has 0 bridgehead atoms. The van der Waals surface area contributed by atoms with Crippen molar-refractivity contribution in [1.82, 2.24) is 14.9 Å². The molecule has 1 saturated heterocycles. The lowest BCUT2D eigenvalue weighted by molar-refractivity contribution is 0.0525. The van der Waals surface area contributed by atoms with Crippen molar-refractivity contribution >= 4 is 16.7 Å². The summed E-state index contributed by atoms with van der Waals surface area (Å²) in [6.45, 7) is 5.28. The molecule has 5 nitrogen and oxygen atoms in total. The summed E-state index contributed by atoms with van der Waals surface area (Å²) < 4.78 is 5.02. The summed E-state index contributed by atoms with van der Waals surface area (Å²) in [5.74, 6) is 0.819. The van der Waals surface area contributed by atoms with E-state index in [1.165, 1.54) is 29.2 Å². The molecule has 1 aliphatic heterocycles. The number of carbonyl (C=O) groups excluding carboxylic acids is 1. The number of nitrogens with zero attached hydrogens (tertiary/aromatic N) is 3. The van der Waals surface area contributed by atoms with E-state index in [1.807, 2.05) is 0 Å². The molecule has 1 aromatic heterocycles. The second kappa shape index (κ2) is 9.81. The standard InChI is InChI=1S/C25H29N3O2/c1-2-30-25(29)23-16-26-24(27-17-23)21-8-5-6-13-28(14-12-21)18-19-10-11-20-7-3-4-9-22(20)15-19/h3-4,7,9-11,15-17,21H,2,5-6,8,12-14,18H2,1H3. The first kappa shape index (κ1) is 20.5. The number of fused-ring (bicyclic) bond motifs is 1. The first-order chi connectivity index (χ1) is 14.7. The molecular weight excluding hydrogens is 374 g/mol. The molecule has 5 heteroatoms. The smallest absolute Gasteiger partial charge is 0.341 e. The molecule has 0 N–H and O–H groups in total. The quantitative estimate of drug-likeness (QED) is 0.563. The van der Waals surface area contributed by atoms with Crippen LogP contribution in [-0.2, 0) is 11.3 Å². The Labute approximate surface area is 178 Å². The van der Waals surface area contributed by atoms with Crippen LogP contribution in [-0.4, -0.2) is 40.5 Å². The second-order valence-electron chi connectivity index (χ2n) is 7.99. The van der Waals surface area contributed by atoms with Gasteiger partial charge in [-0.25, -0.2) is 14.8 Å². The molecule has 2 aromatic carbocycles. The maximum Gasteiger partial charge on any atom is 0.341 e. The molecule has 0 aliphatic carbocycles. The number of carbonyl (C=O) groups is 1. The van der Waals surface area contributed by atoms with Gasteiger partial charge in [0.15, 0.2) is 0 Å². The van der Waals surface area contributed by atoms with Gasteiger partial charge >= 0.3 is 5.97 Å². The Morgan fingerprint density at radius 1 is 1.03 bits per heavy atom. The van der Waals surface area contributed by atoms with Gasteiger partial charge in [-0.2, -0.15) is 0 Å². The van der Waals surface area contributed by atoms with Gasteiger partial charge in [0, 0.05) is 24.9 Å². The largest absolute Gasteiger partial charge is 0.462 e. The van der Waals surface area contributed by atoms with Crippen LogP contribution in [0.4, 0.5) is 0 Å². The minimum Gasteiger partial charge on any atom is -0.462 e. The van der Waals surface area contributed by atoms with Gasteiger partial charge in [-0.05, 0) is 61.7 Å². The Morgan fingerprint density at radius 2 is 1.83 bits per heavy atom. The lowest BCUT2D eigenvalue weighted by Crippen LogP contribution is -2.29. The topological polar surface area (TPSA) is 55.3 Å². The van der Waals surface area contributed by atoms with E-state index < -0.39 is 0 Å². The molecule has 156 valence electrons. The maximum absolute atomic E-state index is 11.8. The summed E-state index contributed by atoms with van der Waals surface area (Å²) in [6, 6.07) is 15.3. The summed E-state index contributed by atoms with van der Waals surface area (Å²) in [6.07, 6.45) is 7.69. The van der Waals surface area contributed by atoms with Crippen molar-refractivity contribution in [3.63, 3.8) is 0 Å². The van der Waals surface area contributed by atoms with E-state index in [0.717, 1.165) is 38.3 Å². The molecule has 4 rings (SSSR count). The molecule has 2 heterocycles. The van der Waals surface area contributed by atoms with E-state index in [0.29, 0.717) is 18.1 Å². The number of benzene rings is 2. The average molecular weight is 404 g/mol. The van der Waals surface area contributed by atoms with Crippen LogP contribution >= 0.6 is 0 Å². The van der Waals surface area contributed by atoms with Crippen molar-refractivity contribution in [2.24, 2.45) is 0 Å². The van der Waals surface area contributed by atoms with E-state index in [1.54, 1.807) is 19.3 Å². The summed E-state index contributed by atoms with van der Waals surface area (Å²) in [5.41, 5.74) is 1.78. The third-order valence-corrected chi connectivity index (χ3v) is 5.84. The van der Waals surface area contributed by atoms with Crippen molar-refractivity contribution < 1.29 is 9.53 Å². The SMILES string of the molecule is CCOC(=O)c1cnc(C2CCCCN(Cc3ccc4ccccc4c3)CC2)nc1. The average Bonchev–Trinajstić information content (AvgIpc) is 2.76. The number of esters is 1. The number of ether oxygens (including phenoxy) is 1. The van der Waals surface area contributed by atoms with Gasteiger partial charge in [0.2, 0.25) is 0 Å². The van der Waals surface area contributed by atoms with Gasteiger partial charge in [0.25, 0.3) is 0 Å². The molecule has 0 spiro atoms. The summed E-state index contributed by atoms with van der Waals surface area (Å²) >= 11 is 0. The fraction of sp³-hybridized carbons (Fsp3) is 0.400.